The molecule has 1 fully saturated rings. The molecule has 3 heterocycles. The number of anilines is 4. The predicted molar refractivity (Wildman–Crippen MR) is 115 cm³/mol. The second-order valence-corrected chi connectivity index (χ2v) is 7.72. The molecule has 2 amide bonds. The number of carbonyl (C=O) groups excluding carboxylic acids is 2. The fourth-order valence-corrected chi connectivity index (χ4v) is 3.98. The summed E-state index contributed by atoms with van der Waals surface area (Å²) < 4.78 is 5.34. The van der Waals surface area contributed by atoms with Gasteiger partial charge in [-0.25, -0.2) is 0 Å². The van der Waals surface area contributed by atoms with Gasteiger partial charge >= 0.3 is 0 Å². The number of fused-ring (bicyclic) bond motifs is 1. The van der Waals surface area contributed by atoms with E-state index < -0.39 is 5.92 Å². The van der Waals surface area contributed by atoms with E-state index in [9.17, 15) is 9.59 Å². The molecule has 2 aromatic rings. The number of nitrogen functional groups attached to an aromatic ring is 1. The van der Waals surface area contributed by atoms with Gasteiger partial charge in [0.25, 0.3) is 0 Å². The summed E-state index contributed by atoms with van der Waals surface area (Å²) in [5.74, 6) is 0.159. The lowest BCUT2D eigenvalue weighted by atomic mass is 9.91. The van der Waals surface area contributed by atoms with Crippen LogP contribution in [0.3, 0.4) is 0 Å². The zero-order valence-corrected chi connectivity index (χ0v) is 17.2. The number of aryl methyl sites for hydroxylation is 1. The Labute approximate surface area is 175 Å². The Morgan fingerprint density at radius 2 is 2.03 bits per heavy atom. The third kappa shape index (κ3) is 3.87. The summed E-state index contributed by atoms with van der Waals surface area (Å²) in [6.45, 7) is 3.62. The summed E-state index contributed by atoms with van der Waals surface area (Å²) in [4.78, 5) is 36.5. The molecule has 4 rings (SSSR count). The Morgan fingerprint density at radius 1 is 1.27 bits per heavy atom. The topological polar surface area (TPSA) is 122 Å². The number of nitrogens with one attached hydrogen (secondary N) is 2. The number of amides is 2. The van der Waals surface area contributed by atoms with E-state index >= 15 is 0 Å². The lowest BCUT2D eigenvalue weighted by Crippen LogP contribution is -2.35. The van der Waals surface area contributed by atoms with Gasteiger partial charge in [0.05, 0.1) is 24.3 Å². The van der Waals surface area contributed by atoms with Gasteiger partial charge in [0, 0.05) is 19.5 Å². The molecule has 2 aliphatic rings. The van der Waals surface area contributed by atoms with Crippen molar-refractivity contribution in [3.63, 3.8) is 0 Å². The summed E-state index contributed by atoms with van der Waals surface area (Å²) in [5, 5.41) is 5.63. The molecule has 158 valence electrons. The monoisotopic (exact) mass is 410 g/mol. The smallest absolute Gasteiger partial charge is 0.232 e. The van der Waals surface area contributed by atoms with E-state index in [1.54, 1.807) is 6.07 Å². The highest BCUT2D eigenvalue weighted by atomic mass is 16.5. The van der Waals surface area contributed by atoms with Gasteiger partial charge in [-0.05, 0) is 43.9 Å². The maximum absolute atomic E-state index is 13.1. The Hall–Kier alpha value is -3.36. The standard InChI is InChI=1S/C21H26N6O3/c1-12-6-7-15(30-2)14(10-12)23-20(29)13-11-16(28)24-19-17(13)18(22)25-21(26-19)27-8-4-3-5-9-27/h6-7,10,13H,3-5,8-9,11H2,1-2H3,(H,23,29)(H3,22,24,25,26,28)/t13-/m0/s1. The molecule has 0 unspecified atom stereocenters. The molecule has 0 aliphatic carbocycles. The van der Waals surface area contributed by atoms with Crippen LogP contribution in [-0.4, -0.2) is 42.0 Å². The first-order valence-corrected chi connectivity index (χ1v) is 10.1. The van der Waals surface area contributed by atoms with Crippen LogP contribution >= 0.6 is 0 Å². The number of hydrogen-bond donors (Lipinski definition) is 3. The molecule has 1 atom stereocenters. The molecule has 0 radical (unpaired) electrons. The predicted octanol–water partition coefficient (Wildman–Crippen LogP) is 2.43. The highest BCUT2D eigenvalue weighted by Gasteiger charge is 2.35. The molecular formula is C21H26N6O3. The van der Waals surface area contributed by atoms with E-state index in [2.05, 4.69) is 25.5 Å². The molecule has 9 nitrogen and oxygen atoms in total. The number of ether oxygens (including phenoxy) is 1. The molecule has 1 aromatic heterocycles. The van der Waals surface area contributed by atoms with E-state index in [0.29, 0.717) is 28.8 Å². The zero-order chi connectivity index (χ0) is 21.3. The van der Waals surface area contributed by atoms with Gasteiger partial charge in [-0.1, -0.05) is 6.07 Å². The third-order valence-electron chi connectivity index (χ3n) is 5.53. The quantitative estimate of drug-likeness (QED) is 0.707. The van der Waals surface area contributed by atoms with Crippen molar-refractivity contribution in [1.82, 2.24) is 9.97 Å². The number of hydrogen-bond acceptors (Lipinski definition) is 7. The maximum Gasteiger partial charge on any atom is 0.232 e. The van der Waals surface area contributed by atoms with Gasteiger partial charge in [-0.2, -0.15) is 9.97 Å². The minimum atomic E-state index is -0.783. The number of carbonyl (C=O) groups is 2. The normalized spacial score (nSPS) is 18.4. The van der Waals surface area contributed by atoms with E-state index in [1.807, 2.05) is 19.1 Å². The van der Waals surface area contributed by atoms with E-state index in [-0.39, 0.29) is 24.1 Å². The summed E-state index contributed by atoms with van der Waals surface area (Å²) in [6, 6.07) is 5.50. The number of aromatic nitrogens is 2. The summed E-state index contributed by atoms with van der Waals surface area (Å²) in [6.07, 6.45) is 3.29. The van der Waals surface area contributed by atoms with Crippen LogP contribution in [0.15, 0.2) is 18.2 Å². The van der Waals surface area contributed by atoms with Crippen LogP contribution in [0.1, 0.15) is 42.7 Å². The Morgan fingerprint density at radius 3 is 2.77 bits per heavy atom. The summed E-state index contributed by atoms with van der Waals surface area (Å²) in [7, 11) is 1.54. The van der Waals surface area contributed by atoms with Crippen LogP contribution in [0, 0.1) is 6.92 Å². The molecule has 30 heavy (non-hydrogen) atoms. The van der Waals surface area contributed by atoms with Gasteiger partial charge < -0.3 is 26.0 Å². The van der Waals surface area contributed by atoms with Gasteiger partial charge in [-0.3, -0.25) is 9.59 Å². The number of piperidine rings is 1. The molecule has 4 N–H and O–H groups in total. The third-order valence-corrected chi connectivity index (χ3v) is 5.53. The fraction of sp³-hybridized carbons (Fsp3) is 0.429. The highest BCUT2D eigenvalue weighted by molar-refractivity contribution is 6.06. The van der Waals surface area contributed by atoms with Crippen LogP contribution in [0.25, 0.3) is 0 Å². The van der Waals surface area contributed by atoms with Crippen molar-refractivity contribution in [3.05, 3.63) is 29.3 Å². The number of rotatable bonds is 4. The van der Waals surface area contributed by atoms with Crippen LogP contribution in [-0.2, 0) is 9.59 Å². The van der Waals surface area contributed by atoms with Crippen molar-refractivity contribution < 1.29 is 14.3 Å². The first-order valence-electron chi connectivity index (χ1n) is 10.1. The van der Waals surface area contributed by atoms with Crippen LogP contribution in [0.5, 0.6) is 5.75 Å². The first kappa shape index (κ1) is 19.9. The Kier molecular flexibility index (Phi) is 5.43. The number of nitrogens with zero attached hydrogens (tertiary/aromatic N) is 3. The van der Waals surface area contributed by atoms with Crippen molar-refractivity contribution in [2.24, 2.45) is 0 Å². The van der Waals surface area contributed by atoms with Crippen molar-refractivity contribution in [1.29, 1.82) is 0 Å². The van der Waals surface area contributed by atoms with Crippen molar-refractivity contribution in [2.75, 3.05) is 41.5 Å². The molecular weight excluding hydrogens is 384 g/mol. The van der Waals surface area contributed by atoms with Crippen molar-refractivity contribution >= 4 is 35.1 Å². The zero-order valence-electron chi connectivity index (χ0n) is 17.2. The van der Waals surface area contributed by atoms with Gasteiger partial charge in [0.15, 0.2) is 0 Å². The Bertz CT molecular complexity index is 987. The van der Waals surface area contributed by atoms with E-state index in [1.165, 1.54) is 13.5 Å². The lowest BCUT2D eigenvalue weighted by Gasteiger charge is -2.30. The Balaban J connectivity index is 1.65. The molecule has 9 heteroatoms. The molecule has 1 saturated heterocycles. The summed E-state index contributed by atoms with van der Waals surface area (Å²) in [5.41, 5.74) is 8.24. The van der Waals surface area contributed by atoms with E-state index in [0.717, 1.165) is 31.5 Å². The number of nitrogens with two attached hydrogens (primary N) is 1. The second-order valence-electron chi connectivity index (χ2n) is 7.72. The molecule has 0 saturated carbocycles. The lowest BCUT2D eigenvalue weighted by molar-refractivity contribution is -0.123. The maximum atomic E-state index is 13.1. The fourth-order valence-electron chi connectivity index (χ4n) is 3.98. The van der Waals surface area contributed by atoms with Crippen LogP contribution in [0.4, 0.5) is 23.3 Å². The van der Waals surface area contributed by atoms with Gasteiger partial charge in [0.1, 0.15) is 17.4 Å². The van der Waals surface area contributed by atoms with Gasteiger partial charge in [-0.15, -0.1) is 0 Å². The molecule has 2 aliphatic heterocycles. The molecule has 0 bridgehead atoms. The van der Waals surface area contributed by atoms with Crippen LogP contribution < -0.4 is 26.0 Å². The van der Waals surface area contributed by atoms with Crippen molar-refractivity contribution in [2.45, 2.75) is 38.5 Å². The first-order chi connectivity index (χ1) is 14.5. The van der Waals surface area contributed by atoms with E-state index in [4.69, 9.17) is 10.5 Å². The summed E-state index contributed by atoms with van der Waals surface area (Å²) >= 11 is 0. The van der Waals surface area contributed by atoms with Crippen molar-refractivity contribution in [3.8, 4) is 5.75 Å². The largest absolute Gasteiger partial charge is 0.495 e. The van der Waals surface area contributed by atoms with Crippen LogP contribution in [0.2, 0.25) is 0 Å². The average molecular weight is 410 g/mol. The SMILES string of the molecule is COc1ccc(C)cc1NC(=O)[C@H]1CC(=O)Nc2nc(N3CCCCC3)nc(N)c21. The number of benzene rings is 1. The van der Waals surface area contributed by atoms with Gasteiger partial charge in [0.2, 0.25) is 17.8 Å². The molecule has 1 aromatic carbocycles. The molecule has 0 spiro atoms. The average Bonchev–Trinajstić information content (AvgIpc) is 2.73. The number of methoxy groups -OCH3 is 1. The second kappa shape index (κ2) is 8.17. The minimum absolute atomic E-state index is 0.0242. The highest BCUT2D eigenvalue weighted by Crippen LogP contribution is 2.37. The minimum Gasteiger partial charge on any atom is -0.495 e.